The summed E-state index contributed by atoms with van der Waals surface area (Å²) in [6.45, 7) is -0.102. The fraction of sp³-hybridized carbons (Fsp3) is 0.125. The van der Waals surface area contributed by atoms with Crippen LogP contribution < -0.4 is 5.32 Å². The van der Waals surface area contributed by atoms with Gasteiger partial charge in [-0.3, -0.25) is 9.59 Å². The van der Waals surface area contributed by atoms with Crippen LogP contribution in [0, 0.1) is 0 Å². The van der Waals surface area contributed by atoms with Gasteiger partial charge in [0, 0.05) is 18.0 Å². The van der Waals surface area contributed by atoms with Crippen molar-refractivity contribution in [2.45, 2.75) is 0 Å². The van der Waals surface area contributed by atoms with E-state index in [0.717, 1.165) is 4.88 Å². The van der Waals surface area contributed by atoms with Crippen LogP contribution in [0.15, 0.2) is 41.8 Å². The van der Waals surface area contributed by atoms with Crippen LogP contribution in [0.2, 0.25) is 10.0 Å². The third-order valence-electron chi connectivity index (χ3n) is 2.92. The van der Waals surface area contributed by atoms with E-state index in [1.165, 1.54) is 22.3 Å². The van der Waals surface area contributed by atoms with Gasteiger partial charge < -0.3 is 10.2 Å². The Labute approximate surface area is 148 Å². The predicted octanol–water partition coefficient (Wildman–Crippen LogP) is 4.17. The van der Waals surface area contributed by atoms with Gasteiger partial charge >= 0.3 is 0 Å². The zero-order chi connectivity index (χ0) is 16.8. The molecule has 23 heavy (non-hydrogen) atoms. The van der Waals surface area contributed by atoms with E-state index in [9.17, 15) is 9.59 Å². The van der Waals surface area contributed by atoms with Crippen molar-refractivity contribution in [1.82, 2.24) is 4.90 Å². The average Bonchev–Trinajstić information content (AvgIpc) is 3.02. The molecule has 0 fully saturated rings. The van der Waals surface area contributed by atoms with Gasteiger partial charge in [-0.15, -0.1) is 11.3 Å². The van der Waals surface area contributed by atoms with Gasteiger partial charge in [-0.05, 0) is 29.7 Å². The first kappa shape index (κ1) is 17.5. The highest BCUT2D eigenvalue weighted by Gasteiger charge is 2.13. The van der Waals surface area contributed by atoms with Gasteiger partial charge in [0.1, 0.15) is 0 Å². The smallest absolute Gasteiger partial charge is 0.246 e. The van der Waals surface area contributed by atoms with E-state index in [0.29, 0.717) is 15.7 Å². The number of benzene rings is 1. The zero-order valence-corrected chi connectivity index (χ0v) is 14.6. The molecule has 0 radical (unpaired) electrons. The third kappa shape index (κ3) is 5.10. The lowest BCUT2D eigenvalue weighted by atomic mass is 10.3. The van der Waals surface area contributed by atoms with Crippen molar-refractivity contribution in [2.75, 3.05) is 18.9 Å². The minimum atomic E-state index is -0.375. The Kier molecular flexibility index (Phi) is 6.21. The van der Waals surface area contributed by atoms with Gasteiger partial charge in [-0.2, -0.15) is 0 Å². The number of hydrogen-bond donors (Lipinski definition) is 1. The lowest BCUT2D eigenvalue weighted by molar-refractivity contribution is -0.129. The van der Waals surface area contributed by atoms with Crippen LogP contribution in [0.5, 0.6) is 0 Å². The Morgan fingerprint density at radius 3 is 2.52 bits per heavy atom. The molecule has 1 aromatic heterocycles. The molecular formula is C16H14Cl2N2O2S. The molecule has 4 nitrogen and oxygen atoms in total. The first-order chi connectivity index (χ1) is 11.0. The van der Waals surface area contributed by atoms with Crippen LogP contribution in [-0.4, -0.2) is 30.3 Å². The summed E-state index contributed by atoms with van der Waals surface area (Å²) in [6.07, 6.45) is 3.15. The summed E-state index contributed by atoms with van der Waals surface area (Å²) in [6, 6.07) is 8.74. The van der Waals surface area contributed by atoms with Crippen molar-refractivity contribution in [2.24, 2.45) is 0 Å². The molecule has 0 aliphatic carbocycles. The molecule has 0 saturated heterocycles. The molecule has 1 heterocycles. The Morgan fingerprint density at radius 2 is 1.91 bits per heavy atom. The largest absolute Gasteiger partial charge is 0.333 e. The summed E-state index contributed by atoms with van der Waals surface area (Å²) < 4.78 is 0. The molecule has 2 aromatic rings. The second kappa shape index (κ2) is 8.15. The number of amides is 2. The maximum Gasteiger partial charge on any atom is 0.246 e. The van der Waals surface area contributed by atoms with Crippen LogP contribution in [0.4, 0.5) is 5.69 Å². The summed E-state index contributed by atoms with van der Waals surface area (Å²) in [4.78, 5) is 26.3. The standard InChI is InChI=1S/C16H14Cl2N2O2S/c1-20(15(22)8-7-11-4-3-9-23-11)10-14(21)19-16-12(17)5-2-6-13(16)18/h2-9H,10H2,1H3,(H,19,21)/b8-7+. The number of likely N-dealkylation sites (N-methyl/N-ethyl adjacent to an activating group) is 1. The van der Waals surface area contributed by atoms with Gasteiger partial charge in [0.25, 0.3) is 0 Å². The number of rotatable bonds is 5. The second-order valence-corrected chi connectivity index (χ2v) is 6.48. The number of nitrogens with zero attached hydrogens (tertiary/aromatic N) is 1. The minimum absolute atomic E-state index is 0.102. The number of hydrogen-bond acceptors (Lipinski definition) is 3. The van der Waals surface area contributed by atoms with Crippen LogP contribution in [0.3, 0.4) is 0 Å². The van der Waals surface area contributed by atoms with Gasteiger partial charge in [0.2, 0.25) is 11.8 Å². The van der Waals surface area contributed by atoms with Gasteiger partial charge in [0.15, 0.2) is 0 Å². The van der Waals surface area contributed by atoms with E-state index in [1.54, 1.807) is 31.3 Å². The average molecular weight is 369 g/mol. The summed E-state index contributed by atoms with van der Waals surface area (Å²) in [5, 5.41) is 5.23. The number of nitrogens with one attached hydrogen (secondary N) is 1. The fourth-order valence-corrected chi connectivity index (χ4v) is 2.87. The normalized spacial score (nSPS) is 10.7. The van der Waals surface area contributed by atoms with E-state index in [-0.39, 0.29) is 18.4 Å². The molecule has 7 heteroatoms. The highest BCUT2D eigenvalue weighted by molar-refractivity contribution is 7.10. The van der Waals surface area contributed by atoms with E-state index >= 15 is 0 Å². The Bertz CT molecular complexity index is 709. The Morgan fingerprint density at radius 1 is 1.22 bits per heavy atom. The molecule has 0 aliphatic rings. The van der Waals surface area contributed by atoms with Gasteiger partial charge in [-0.25, -0.2) is 0 Å². The summed E-state index contributed by atoms with van der Waals surface area (Å²) >= 11 is 13.5. The zero-order valence-electron chi connectivity index (χ0n) is 12.3. The maximum atomic E-state index is 12.0. The second-order valence-electron chi connectivity index (χ2n) is 4.69. The van der Waals surface area contributed by atoms with Crippen molar-refractivity contribution < 1.29 is 9.59 Å². The molecule has 0 bridgehead atoms. The summed E-state index contributed by atoms with van der Waals surface area (Å²) in [5.74, 6) is -0.640. The SMILES string of the molecule is CN(CC(=O)Nc1c(Cl)cccc1Cl)C(=O)/C=C/c1cccs1. The molecule has 0 atom stereocenters. The maximum absolute atomic E-state index is 12.0. The number of carbonyl (C=O) groups excluding carboxylic acids is 2. The molecule has 1 N–H and O–H groups in total. The lowest BCUT2D eigenvalue weighted by Crippen LogP contribution is -2.34. The molecule has 2 rings (SSSR count). The van der Waals surface area contributed by atoms with Crippen LogP contribution in [-0.2, 0) is 9.59 Å². The molecule has 0 saturated carbocycles. The van der Waals surface area contributed by atoms with Crippen LogP contribution in [0.25, 0.3) is 6.08 Å². The first-order valence-electron chi connectivity index (χ1n) is 6.68. The van der Waals surface area contributed by atoms with Crippen molar-refractivity contribution in [3.05, 3.63) is 56.7 Å². The monoisotopic (exact) mass is 368 g/mol. The molecule has 2 amide bonds. The number of anilines is 1. The number of thiophene rings is 1. The molecule has 120 valence electrons. The van der Waals surface area contributed by atoms with Crippen LogP contribution >= 0.6 is 34.5 Å². The molecule has 0 unspecified atom stereocenters. The van der Waals surface area contributed by atoms with Gasteiger partial charge in [0.05, 0.1) is 22.3 Å². The van der Waals surface area contributed by atoms with E-state index < -0.39 is 0 Å². The minimum Gasteiger partial charge on any atom is -0.333 e. The van der Waals surface area contributed by atoms with E-state index in [1.807, 2.05) is 17.5 Å². The number of halogens is 2. The Hall–Kier alpha value is -1.82. The number of para-hydroxylation sites is 1. The van der Waals surface area contributed by atoms with Crippen molar-refractivity contribution in [3.63, 3.8) is 0 Å². The lowest BCUT2D eigenvalue weighted by Gasteiger charge is -2.15. The van der Waals surface area contributed by atoms with E-state index in [4.69, 9.17) is 23.2 Å². The molecule has 0 spiro atoms. The fourth-order valence-electron chi connectivity index (χ4n) is 1.76. The third-order valence-corrected chi connectivity index (χ3v) is 4.39. The van der Waals surface area contributed by atoms with Crippen molar-refractivity contribution in [3.8, 4) is 0 Å². The topological polar surface area (TPSA) is 49.4 Å². The highest BCUT2D eigenvalue weighted by atomic mass is 35.5. The predicted molar refractivity (Wildman–Crippen MR) is 96.1 cm³/mol. The molecular weight excluding hydrogens is 355 g/mol. The molecule has 1 aromatic carbocycles. The quantitative estimate of drug-likeness (QED) is 0.805. The summed E-state index contributed by atoms with van der Waals surface area (Å²) in [7, 11) is 1.55. The highest BCUT2D eigenvalue weighted by Crippen LogP contribution is 2.29. The molecule has 0 aliphatic heterocycles. The van der Waals surface area contributed by atoms with Crippen LogP contribution in [0.1, 0.15) is 4.88 Å². The van der Waals surface area contributed by atoms with Gasteiger partial charge in [-0.1, -0.05) is 35.3 Å². The Balaban J connectivity index is 1.93. The first-order valence-corrected chi connectivity index (χ1v) is 8.31. The van der Waals surface area contributed by atoms with Crippen molar-refractivity contribution >= 4 is 58.1 Å². The van der Waals surface area contributed by atoms with Crippen molar-refractivity contribution in [1.29, 1.82) is 0 Å². The summed E-state index contributed by atoms with van der Waals surface area (Å²) in [5.41, 5.74) is 0.343. The number of carbonyl (C=O) groups is 2. The van der Waals surface area contributed by atoms with E-state index in [2.05, 4.69) is 5.32 Å².